The number of alkyl halides is 3. The van der Waals surface area contributed by atoms with Gasteiger partial charge in [-0.25, -0.2) is 4.98 Å². The number of aromatic nitrogens is 5. The molecule has 9 nitrogen and oxygen atoms in total. The van der Waals surface area contributed by atoms with E-state index in [9.17, 15) is 18.0 Å². The van der Waals surface area contributed by atoms with E-state index in [-0.39, 0.29) is 63.1 Å². The van der Waals surface area contributed by atoms with Gasteiger partial charge in [-0.3, -0.25) is 9.48 Å². The van der Waals surface area contributed by atoms with E-state index in [0.29, 0.717) is 11.5 Å². The van der Waals surface area contributed by atoms with Crippen molar-refractivity contribution in [2.45, 2.75) is 19.1 Å². The topological polar surface area (TPSA) is 113 Å². The monoisotopic (exact) mass is 521 g/mol. The summed E-state index contributed by atoms with van der Waals surface area (Å²) in [5, 5.41) is 12.8. The van der Waals surface area contributed by atoms with Gasteiger partial charge in [0.25, 0.3) is 5.91 Å². The van der Waals surface area contributed by atoms with Crippen molar-refractivity contribution in [3.8, 4) is 11.1 Å². The second-order valence-corrected chi connectivity index (χ2v) is 7.67. The van der Waals surface area contributed by atoms with Crippen molar-refractivity contribution in [2.24, 2.45) is 7.05 Å². The molecule has 13 heteroatoms. The summed E-state index contributed by atoms with van der Waals surface area (Å²) < 4.78 is 39.8. The van der Waals surface area contributed by atoms with Crippen LogP contribution >= 0.6 is 0 Å². The summed E-state index contributed by atoms with van der Waals surface area (Å²) >= 11 is 0. The smallest absolute Gasteiger partial charge is 0.560 e. The first kappa shape index (κ1) is 27.7. The van der Waals surface area contributed by atoms with E-state index in [1.54, 1.807) is 41.5 Å². The molecule has 0 aliphatic rings. The number of imidazole rings is 1. The van der Waals surface area contributed by atoms with E-state index in [0.717, 1.165) is 22.9 Å². The molecule has 1 aromatic carbocycles. The fourth-order valence-electron chi connectivity index (χ4n) is 3.19. The number of carbonyl (C=O) groups is 1. The third-order valence-corrected chi connectivity index (χ3v) is 5.00. The molecule has 0 aliphatic heterocycles. The van der Waals surface area contributed by atoms with Gasteiger partial charge in [0.1, 0.15) is 5.69 Å². The number of carbonyl (C=O) groups excluding carboxylic acids is 1. The third-order valence-electron chi connectivity index (χ3n) is 5.00. The molecule has 0 aliphatic carbocycles. The maximum absolute atomic E-state index is 12.7. The Morgan fingerprint density at radius 2 is 2.06 bits per heavy atom. The second-order valence-electron chi connectivity index (χ2n) is 7.67. The summed E-state index contributed by atoms with van der Waals surface area (Å²) in [7, 11) is 1.85. The normalized spacial score (nSPS) is 12.2. The van der Waals surface area contributed by atoms with E-state index in [2.05, 4.69) is 37.2 Å². The molecule has 3 aromatic heterocycles. The standard InChI is InChI=1S/C23H21F3N8O.K/c1-14(27-6-7-28-20-9-16(10-29-20)17-11-31-34(2)13-17)15-4-3-5-18(8-15)32-21(35)19-12-30-22(33-19)23(24,25)26;/h3-5,7-14,27H,1-2H3,(H,28,29)(H,30,33)(H,32,35);/q-2;+1. The van der Waals surface area contributed by atoms with Gasteiger partial charge in [-0.1, -0.05) is 23.9 Å². The van der Waals surface area contributed by atoms with Crippen LogP contribution in [0.4, 0.5) is 24.7 Å². The number of aryl methyl sites for hydroxylation is 1. The molecule has 0 saturated heterocycles. The fourth-order valence-corrected chi connectivity index (χ4v) is 3.19. The minimum Gasteiger partial charge on any atom is -0.560 e. The number of nitrogens with one attached hydrogen (secondary N) is 4. The second kappa shape index (κ2) is 11.9. The van der Waals surface area contributed by atoms with Crippen molar-refractivity contribution < 1.29 is 69.4 Å². The Hall–Kier alpha value is -2.84. The summed E-state index contributed by atoms with van der Waals surface area (Å²) in [6, 6.07) is 8.64. The van der Waals surface area contributed by atoms with Gasteiger partial charge in [0.15, 0.2) is 0 Å². The molecule has 4 aromatic rings. The van der Waals surface area contributed by atoms with Crippen LogP contribution in [0, 0.1) is 6.20 Å². The van der Waals surface area contributed by atoms with Gasteiger partial charge >= 0.3 is 57.6 Å². The first-order valence-electron chi connectivity index (χ1n) is 10.4. The first-order chi connectivity index (χ1) is 16.7. The largest absolute Gasteiger partial charge is 1.00 e. The minimum atomic E-state index is -4.65. The molecule has 1 atom stereocenters. The average molecular weight is 522 g/mol. The van der Waals surface area contributed by atoms with Crippen LogP contribution in [0.25, 0.3) is 11.1 Å². The predicted octanol–water partition coefficient (Wildman–Crippen LogP) is 1.24. The molecule has 0 fully saturated rings. The molecule has 36 heavy (non-hydrogen) atoms. The van der Waals surface area contributed by atoms with Crippen molar-refractivity contribution in [3.05, 3.63) is 84.6 Å². The Balaban J connectivity index is 0.00000361. The summed E-state index contributed by atoms with van der Waals surface area (Å²) in [4.78, 5) is 21.8. The number of hydrogen-bond donors (Lipinski definition) is 4. The maximum atomic E-state index is 12.7. The van der Waals surface area contributed by atoms with E-state index in [4.69, 9.17) is 0 Å². The quantitative estimate of drug-likeness (QED) is 0.158. The van der Waals surface area contributed by atoms with Crippen molar-refractivity contribution >= 4 is 17.4 Å². The van der Waals surface area contributed by atoms with Crippen LogP contribution in [0.1, 0.15) is 34.8 Å². The molecule has 0 radical (unpaired) electrons. The van der Waals surface area contributed by atoms with Crippen LogP contribution in [0.5, 0.6) is 0 Å². The Morgan fingerprint density at radius 3 is 2.75 bits per heavy atom. The zero-order valence-corrected chi connectivity index (χ0v) is 22.8. The summed E-state index contributed by atoms with van der Waals surface area (Å²) in [5.41, 5.74) is 2.88. The number of halogens is 3. The van der Waals surface area contributed by atoms with Gasteiger partial charge < -0.3 is 32.1 Å². The molecule has 1 unspecified atom stereocenters. The molecule has 3 heterocycles. The number of rotatable bonds is 8. The van der Waals surface area contributed by atoms with Crippen LogP contribution in [0.3, 0.4) is 0 Å². The maximum Gasteiger partial charge on any atom is 1.00 e. The molecule has 0 saturated carbocycles. The van der Waals surface area contributed by atoms with Gasteiger partial charge in [-0.2, -0.15) is 30.0 Å². The van der Waals surface area contributed by atoms with Crippen molar-refractivity contribution in [3.63, 3.8) is 0 Å². The Labute approximate surface area is 247 Å². The van der Waals surface area contributed by atoms with E-state index < -0.39 is 17.9 Å². The molecule has 1 amide bonds. The summed E-state index contributed by atoms with van der Waals surface area (Å²) in [6.45, 7) is 1.90. The molecule has 0 spiro atoms. The van der Waals surface area contributed by atoms with Gasteiger partial charge in [0.2, 0.25) is 5.82 Å². The third kappa shape index (κ3) is 7.10. The van der Waals surface area contributed by atoms with Gasteiger partial charge in [0, 0.05) is 25.0 Å². The number of nitrogens with zero attached hydrogens (tertiary/aromatic N) is 4. The molecular weight excluding hydrogens is 500 g/mol. The molecule has 182 valence electrons. The summed E-state index contributed by atoms with van der Waals surface area (Å²) in [5.74, 6) is -1.30. The molecular formula is C23H21F3KN8O-. The zero-order valence-electron chi connectivity index (χ0n) is 19.7. The SMILES string of the molecule is CC(N[C-]=CNc1[cH-]c(-c2cnn(C)c2)cn1)c1cccc(NC(=O)c2cnc(C(F)(F)F)[nH]2)c1.[K+]. The average Bonchev–Trinajstić information content (AvgIpc) is 3.57. The first-order valence-corrected chi connectivity index (χ1v) is 10.4. The van der Waals surface area contributed by atoms with Crippen molar-refractivity contribution in [2.75, 3.05) is 10.6 Å². The Bertz CT molecular complexity index is 1340. The Morgan fingerprint density at radius 1 is 1.25 bits per heavy atom. The van der Waals surface area contributed by atoms with Crippen LogP contribution in [-0.4, -0.2) is 30.6 Å². The van der Waals surface area contributed by atoms with Gasteiger partial charge in [0.05, 0.1) is 12.0 Å². The zero-order chi connectivity index (χ0) is 25.0. The van der Waals surface area contributed by atoms with Crippen LogP contribution < -0.4 is 67.3 Å². The van der Waals surface area contributed by atoms with Crippen molar-refractivity contribution in [1.29, 1.82) is 0 Å². The summed E-state index contributed by atoms with van der Waals surface area (Å²) in [6.07, 6.45) is 6.13. The fraction of sp³-hybridized carbons (Fsp3) is 0.174. The number of H-pyrrole nitrogens is 1. The molecule has 0 bridgehead atoms. The van der Waals surface area contributed by atoms with Crippen LogP contribution in [0.15, 0.2) is 61.3 Å². The molecule has 4 N–H and O–H groups in total. The van der Waals surface area contributed by atoms with Crippen molar-refractivity contribution in [1.82, 2.24) is 30.0 Å². The predicted molar refractivity (Wildman–Crippen MR) is 123 cm³/mol. The minimum absolute atomic E-state index is 0. The number of anilines is 2. The number of hydrogen-bond acceptors (Lipinski definition) is 6. The van der Waals surface area contributed by atoms with E-state index in [1.165, 1.54) is 0 Å². The number of benzene rings is 1. The van der Waals surface area contributed by atoms with Gasteiger partial charge in [-0.15, -0.1) is 6.07 Å². The number of amides is 1. The van der Waals surface area contributed by atoms with Crippen LogP contribution in [-0.2, 0) is 13.2 Å². The van der Waals surface area contributed by atoms with Gasteiger partial charge in [-0.05, 0) is 30.8 Å². The van der Waals surface area contributed by atoms with Crippen LogP contribution in [0.2, 0.25) is 0 Å². The Kier molecular flexibility index (Phi) is 9.19. The van der Waals surface area contributed by atoms with E-state index >= 15 is 0 Å². The molecule has 4 rings (SSSR count). The number of aromatic amines is 1. The van der Waals surface area contributed by atoms with E-state index in [1.807, 2.05) is 37.3 Å².